The van der Waals surface area contributed by atoms with Gasteiger partial charge in [-0.05, 0) is 16.4 Å². The predicted molar refractivity (Wildman–Crippen MR) is 139 cm³/mol. The molecule has 1 aliphatic heterocycles. The minimum absolute atomic E-state index is 0.344. The van der Waals surface area contributed by atoms with E-state index in [1.54, 1.807) is 68.4 Å². The summed E-state index contributed by atoms with van der Waals surface area (Å²) < 4.78 is 125. The van der Waals surface area contributed by atoms with Crippen LogP contribution in [0, 0.1) is 46.5 Å². The fraction of sp³-hybridized carbons (Fsp3) is 0.0968. The Balaban J connectivity index is 1.91. The van der Waals surface area contributed by atoms with Gasteiger partial charge < -0.3 is 0 Å². The molecule has 1 aliphatic rings. The molecule has 0 N–H and O–H groups in total. The second-order valence-corrected chi connectivity index (χ2v) is 10.6. The molecule has 0 fully saturated rings. The Bertz CT molecular complexity index is 2070. The molecule has 6 aromatic carbocycles. The summed E-state index contributed by atoms with van der Waals surface area (Å²) in [6, 6.07) is 15.0. The van der Waals surface area contributed by atoms with Crippen LogP contribution in [-0.4, -0.2) is 6.71 Å². The zero-order valence-electron chi connectivity index (χ0n) is 20.8. The van der Waals surface area contributed by atoms with Crippen molar-refractivity contribution in [2.75, 3.05) is 0 Å². The summed E-state index contributed by atoms with van der Waals surface area (Å²) in [5.74, 6) is -15.1. The maximum atomic E-state index is 16.7. The Labute approximate surface area is 222 Å². The van der Waals surface area contributed by atoms with Gasteiger partial charge in [-0.3, -0.25) is 0 Å². The van der Waals surface area contributed by atoms with Crippen LogP contribution in [0.25, 0.3) is 32.3 Å². The van der Waals surface area contributed by atoms with E-state index in [4.69, 9.17) is 0 Å². The number of halogens is 8. The van der Waals surface area contributed by atoms with Crippen molar-refractivity contribution in [3.05, 3.63) is 112 Å². The van der Waals surface area contributed by atoms with Crippen molar-refractivity contribution in [1.29, 1.82) is 0 Å². The Hall–Kier alpha value is -4.14. The third kappa shape index (κ3) is 2.77. The number of rotatable bonds is 1. The molecular formula is C31H15BF8. The number of benzene rings is 6. The number of fused-ring (bicyclic) bond motifs is 1. The van der Waals surface area contributed by atoms with Gasteiger partial charge >= 0.3 is 0 Å². The molecule has 198 valence electrons. The van der Waals surface area contributed by atoms with Gasteiger partial charge in [0, 0.05) is 21.8 Å². The predicted octanol–water partition coefficient (Wildman–Crippen LogP) is 6.85. The van der Waals surface area contributed by atoms with E-state index in [2.05, 4.69) is 0 Å². The third-order valence-corrected chi connectivity index (χ3v) is 8.30. The molecule has 40 heavy (non-hydrogen) atoms. The van der Waals surface area contributed by atoms with E-state index >= 15 is 30.7 Å². The van der Waals surface area contributed by atoms with Crippen molar-refractivity contribution < 1.29 is 35.1 Å². The van der Waals surface area contributed by atoms with E-state index in [0.29, 0.717) is 16.5 Å². The summed E-state index contributed by atoms with van der Waals surface area (Å²) in [6.07, 6.45) is 0. The first-order valence-corrected chi connectivity index (χ1v) is 12.4. The molecular weight excluding hydrogens is 535 g/mol. The molecule has 1 heterocycles. The molecule has 0 saturated carbocycles. The molecule has 6 aromatic rings. The van der Waals surface area contributed by atoms with Crippen LogP contribution in [0.1, 0.15) is 25.0 Å². The van der Waals surface area contributed by atoms with Crippen LogP contribution in [0.3, 0.4) is 0 Å². The van der Waals surface area contributed by atoms with Crippen molar-refractivity contribution in [2.24, 2.45) is 0 Å². The first-order valence-electron chi connectivity index (χ1n) is 12.4. The average Bonchev–Trinajstić information content (AvgIpc) is 3.02. The van der Waals surface area contributed by atoms with E-state index < -0.39 is 91.1 Å². The van der Waals surface area contributed by atoms with E-state index in [1.807, 2.05) is 0 Å². The van der Waals surface area contributed by atoms with Crippen LogP contribution in [0.15, 0.2) is 54.6 Å². The summed E-state index contributed by atoms with van der Waals surface area (Å²) in [5.41, 5.74) is -0.791. The van der Waals surface area contributed by atoms with Crippen LogP contribution in [0.5, 0.6) is 0 Å². The minimum atomic E-state index is -2.21. The molecule has 0 amide bonds. The van der Waals surface area contributed by atoms with E-state index in [1.165, 1.54) is 0 Å². The molecule has 0 aliphatic carbocycles. The molecule has 0 aromatic heterocycles. The monoisotopic (exact) mass is 550 g/mol. The Morgan fingerprint density at radius 3 is 1.57 bits per heavy atom. The number of hydrogen-bond donors (Lipinski definition) is 0. The van der Waals surface area contributed by atoms with E-state index in [0.717, 1.165) is 0 Å². The van der Waals surface area contributed by atoms with Crippen LogP contribution in [0.4, 0.5) is 35.1 Å². The highest BCUT2D eigenvalue weighted by Crippen LogP contribution is 2.49. The lowest BCUT2D eigenvalue weighted by Crippen LogP contribution is -2.54. The normalized spacial score (nSPS) is 14.4. The highest BCUT2D eigenvalue weighted by atomic mass is 19.2. The summed E-state index contributed by atoms with van der Waals surface area (Å²) in [6.45, 7) is 2.05. The SMILES string of the molecule is CC1(C)c2ccccc2B(c2ccccc2)c2c(F)c(F)c3c(F)c(F)c4c(F)c(F)c(F)c5c(F)c1c2c3c45. The van der Waals surface area contributed by atoms with Crippen molar-refractivity contribution in [3.63, 3.8) is 0 Å². The first kappa shape index (κ1) is 24.9. The van der Waals surface area contributed by atoms with Crippen LogP contribution >= 0.6 is 0 Å². The minimum Gasteiger partial charge on any atom is -0.206 e. The second kappa shape index (κ2) is 7.96. The highest BCUT2D eigenvalue weighted by Gasteiger charge is 2.45. The van der Waals surface area contributed by atoms with Gasteiger partial charge in [0.25, 0.3) is 0 Å². The van der Waals surface area contributed by atoms with E-state index in [9.17, 15) is 4.39 Å². The van der Waals surface area contributed by atoms with Gasteiger partial charge in [-0.2, -0.15) is 0 Å². The Morgan fingerprint density at radius 2 is 0.950 bits per heavy atom. The smallest absolute Gasteiger partial charge is 0.206 e. The van der Waals surface area contributed by atoms with Gasteiger partial charge in [0.05, 0.1) is 16.2 Å². The summed E-state index contributed by atoms with van der Waals surface area (Å²) in [5, 5.41) is -5.63. The largest absolute Gasteiger partial charge is 0.246 e. The molecule has 0 bridgehead atoms. The molecule has 0 unspecified atom stereocenters. The Kier molecular flexibility index (Phi) is 4.95. The van der Waals surface area contributed by atoms with Crippen LogP contribution < -0.4 is 16.4 Å². The van der Waals surface area contributed by atoms with E-state index in [-0.39, 0.29) is 10.9 Å². The molecule has 9 heteroatoms. The van der Waals surface area contributed by atoms with Crippen LogP contribution in [0.2, 0.25) is 0 Å². The molecule has 0 spiro atoms. The van der Waals surface area contributed by atoms with Crippen molar-refractivity contribution >= 4 is 55.4 Å². The molecule has 0 saturated heterocycles. The summed E-state index contributed by atoms with van der Waals surface area (Å²) in [4.78, 5) is 0. The van der Waals surface area contributed by atoms with Crippen molar-refractivity contribution in [1.82, 2.24) is 0 Å². The third-order valence-electron chi connectivity index (χ3n) is 8.30. The van der Waals surface area contributed by atoms with Gasteiger partial charge in [-0.25, -0.2) is 35.1 Å². The summed E-state index contributed by atoms with van der Waals surface area (Å²) >= 11 is 0. The lowest BCUT2D eigenvalue weighted by atomic mass is 9.35. The second-order valence-electron chi connectivity index (χ2n) is 10.6. The maximum Gasteiger partial charge on any atom is 0.246 e. The standard InChI is InChI=1S/C31H15BF8/c1-31(2)13-10-6-7-11-14(13)32(12-8-4-3-5-9-12)22-17-15-16-18(23(33)21(17)31)27(37)30(40)28(38)20(16)25(35)24(34)19(15)26(36)29(22)39/h3-11H,1-2H3. The van der Waals surface area contributed by atoms with Crippen LogP contribution in [-0.2, 0) is 5.41 Å². The lowest BCUT2D eigenvalue weighted by molar-refractivity contribution is 0.449. The lowest BCUT2D eigenvalue weighted by Gasteiger charge is -2.30. The maximum absolute atomic E-state index is 16.7. The highest BCUT2D eigenvalue weighted by molar-refractivity contribution is 6.97. The summed E-state index contributed by atoms with van der Waals surface area (Å²) in [7, 11) is 0. The van der Waals surface area contributed by atoms with Crippen molar-refractivity contribution in [3.8, 4) is 0 Å². The fourth-order valence-corrected chi connectivity index (χ4v) is 6.66. The first-order chi connectivity index (χ1) is 19.0. The zero-order chi connectivity index (χ0) is 28.4. The van der Waals surface area contributed by atoms with Gasteiger partial charge in [0.15, 0.2) is 40.7 Å². The average molecular weight is 550 g/mol. The Morgan fingerprint density at radius 1 is 0.475 bits per heavy atom. The fourth-order valence-electron chi connectivity index (χ4n) is 6.66. The molecule has 0 nitrogen and oxygen atoms in total. The molecule has 7 rings (SSSR count). The van der Waals surface area contributed by atoms with Crippen molar-refractivity contribution in [2.45, 2.75) is 19.3 Å². The molecule has 0 atom stereocenters. The van der Waals surface area contributed by atoms with Gasteiger partial charge in [-0.15, -0.1) is 0 Å². The zero-order valence-corrected chi connectivity index (χ0v) is 20.8. The topological polar surface area (TPSA) is 0 Å². The van der Waals surface area contributed by atoms with Gasteiger partial charge in [-0.1, -0.05) is 79.4 Å². The molecule has 0 radical (unpaired) electrons. The van der Waals surface area contributed by atoms with Gasteiger partial charge in [0.1, 0.15) is 5.82 Å². The number of hydrogen-bond acceptors (Lipinski definition) is 0. The quantitative estimate of drug-likeness (QED) is 0.0910. The van der Waals surface area contributed by atoms with Gasteiger partial charge in [0.2, 0.25) is 6.71 Å².